The van der Waals surface area contributed by atoms with Crippen LogP contribution in [0.25, 0.3) is 0 Å². The van der Waals surface area contributed by atoms with Crippen LogP contribution in [0.4, 0.5) is 0 Å². The molecule has 3 aliphatic heterocycles. The second kappa shape index (κ2) is 7.35. The second-order valence-corrected chi connectivity index (χ2v) is 9.71. The Kier molecular flexibility index (Phi) is 4.58. The lowest BCUT2D eigenvalue weighted by atomic mass is 9.65. The Bertz CT molecular complexity index is 962. The second-order valence-electron chi connectivity index (χ2n) is 9.71. The van der Waals surface area contributed by atoms with E-state index in [1.54, 1.807) is 7.11 Å². The molecule has 2 aromatic rings. The van der Waals surface area contributed by atoms with E-state index in [4.69, 9.17) is 9.57 Å². The number of piperidine rings is 1. The number of benzene rings is 2. The summed E-state index contributed by atoms with van der Waals surface area (Å²) in [6, 6.07) is 19.3. The van der Waals surface area contributed by atoms with Gasteiger partial charge in [0.2, 0.25) is 5.91 Å². The number of carbonyl (C=O) groups excluding carboxylic acids is 1. The standard InChI is InChI=1S/C26H30N2O3/c1-30-20-9-7-18(8-10-20)15-22-25-21-16-26(14-12-24(29)28(22)26)13-11-23(21)31-27(25)17-19-5-3-2-4-6-19/h2-10,21-23,25H,11-17H2,1H3. The lowest BCUT2D eigenvalue weighted by Gasteiger charge is -2.55. The van der Waals surface area contributed by atoms with Gasteiger partial charge in [0.1, 0.15) is 5.75 Å². The van der Waals surface area contributed by atoms with Crippen LogP contribution in [0, 0.1) is 5.92 Å². The molecular formula is C26H30N2O3. The smallest absolute Gasteiger partial charge is 0.223 e. The highest BCUT2D eigenvalue weighted by atomic mass is 16.7. The summed E-state index contributed by atoms with van der Waals surface area (Å²) in [6.07, 6.45) is 6.09. The molecule has 2 aromatic carbocycles. The minimum Gasteiger partial charge on any atom is -0.497 e. The number of methoxy groups -OCH3 is 1. The van der Waals surface area contributed by atoms with E-state index in [0.29, 0.717) is 18.2 Å². The number of carbonyl (C=O) groups is 1. The summed E-state index contributed by atoms with van der Waals surface area (Å²) in [5.41, 5.74) is 2.57. The first kappa shape index (κ1) is 19.3. The van der Waals surface area contributed by atoms with Crippen LogP contribution in [0.2, 0.25) is 0 Å². The zero-order chi connectivity index (χ0) is 21.0. The summed E-state index contributed by atoms with van der Waals surface area (Å²) >= 11 is 0. The van der Waals surface area contributed by atoms with Crippen molar-refractivity contribution in [1.29, 1.82) is 0 Å². The van der Waals surface area contributed by atoms with Crippen LogP contribution in [-0.4, -0.2) is 46.7 Å². The van der Waals surface area contributed by atoms with Gasteiger partial charge in [0, 0.05) is 24.4 Å². The van der Waals surface area contributed by atoms with Crippen molar-refractivity contribution in [2.24, 2.45) is 5.92 Å². The number of hydrogen-bond donors (Lipinski definition) is 0. The average Bonchev–Trinajstić information content (AvgIpc) is 3.33. The van der Waals surface area contributed by atoms with E-state index in [9.17, 15) is 4.79 Å². The number of ether oxygens (including phenoxy) is 1. The fraction of sp³-hybridized carbons (Fsp3) is 0.500. The van der Waals surface area contributed by atoms with Gasteiger partial charge in [-0.2, -0.15) is 5.06 Å². The van der Waals surface area contributed by atoms with Crippen LogP contribution in [-0.2, 0) is 22.6 Å². The Balaban J connectivity index is 1.37. The molecule has 4 fully saturated rings. The van der Waals surface area contributed by atoms with Crippen molar-refractivity contribution in [3.05, 3.63) is 65.7 Å². The van der Waals surface area contributed by atoms with Crippen LogP contribution in [0.1, 0.15) is 43.2 Å². The van der Waals surface area contributed by atoms with Crippen molar-refractivity contribution >= 4 is 5.91 Å². The molecule has 5 atom stereocenters. The minimum absolute atomic E-state index is 0.0536. The maximum Gasteiger partial charge on any atom is 0.223 e. The number of rotatable bonds is 5. The van der Waals surface area contributed by atoms with Gasteiger partial charge in [-0.15, -0.1) is 0 Å². The maximum atomic E-state index is 13.2. The van der Waals surface area contributed by atoms with Crippen LogP contribution < -0.4 is 4.74 Å². The summed E-state index contributed by atoms with van der Waals surface area (Å²) < 4.78 is 5.34. The molecule has 5 heteroatoms. The molecule has 2 bridgehead atoms. The predicted octanol–water partition coefficient (Wildman–Crippen LogP) is 3.97. The van der Waals surface area contributed by atoms with E-state index in [2.05, 4.69) is 52.4 Å². The van der Waals surface area contributed by atoms with Gasteiger partial charge in [-0.05, 0) is 55.4 Å². The van der Waals surface area contributed by atoms with Gasteiger partial charge in [0.05, 0.1) is 25.3 Å². The first-order valence-corrected chi connectivity index (χ1v) is 11.6. The molecule has 1 spiro atoms. The van der Waals surface area contributed by atoms with E-state index < -0.39 is 0 Å². The molecule has 6 rings (SSSR count). The van der Waals surface area contributed by atoms with Crippen molar-refractivity contribution in [2.45, 2.75) is 68.8 Å². The van der Waals surface area contributed by atoms with Gasteiger partial charge in [0.15, 0.2) is 0 Å². The Morgan fingerprint density at radius 1 is 1.06 bits per heavy atom. The molecule has 162 valence electrons. The summed E-state index contributed by atoms with van der Waals surface area (Å²) in [5, 5.41) is 2.22. The Labute approximate surface area is 183 Å². The van der Waals surface area contributed by atoms with Crippen molar-refractivity contribution in [3.63, 3.8) is 0 Å². The number of amides is 1. The van der Waals surface area contributed by atoms with Gasteiger partial charge in [-0.3, -0.25) is 9.63 Å². The summed E-state index contributed by atoms with van der Waals surface area (Å²) in [5.74, 6) is 1.71. The maximum absolute atomic E-state index is 13.2. The lowest BCUT2D eigenvalue weighted by molar-refractivity contribution is -0.177. The molecule has 5 unspecified atom stereocenters. The molecule has 3 heterocycles. The summed E-state index contributed by atoms with van der Waals surface area (Å²) in [7, 11) is 1.70. The average molecular weight is 419 g/mol. The lowest BCUT2D eigenvalue weighted by Crippen LogP contribution is -2.66. The Hall–Kier alpha value is -2.37. The highest BCUT2D eigenvalue weighted by molar-refractivity contribution is 5.80. The van der Waals surface area contributed by atoms with E-state index in [0.717, 1.165) is 44.4 Å². The zero-order valence-corrected chi connectivity index (χ0v) is 18.1. The number of hydrogen-bond acceptors (Lipinski definition) is 4. The number of hydroxylamine groups is 2. The third kappa shape index (κ3) is 3.09. The highest BCUT2D eigenvalue weighted by Crippen LogP contribution is 2.56. The fourth-order valence-corrected chi connectivity index (χ4v) is 6.81. The molecule has 31 heavy (non-hydrogen) atoms. The molecule has 4 aliphatic rings. The van der Waals surface area contributed by atoms with E-state index in [-0.39, 0.29) is 23.7 Å². The minimum atomic E-state index is 0.0536. The van der Waals surface area contributed by atoms with Gasteiger partial charge < -0.3 is 9.64 Å². The van der Waals surface area contributed by atoms with Crippen molar-refractivity contribution in [1.82, 2.24) is 9.96 Å². The largest absolute Gasteiger partial charge is 0.497 e. The molecule has 0 radical (unpaired) electrons. The third-order valence-electron chi connectivity index (χ3n) is 8.12. The molecule has 1 amide bonds. The number of nitrogens with zero attached hydrogens (tertiary/aromatic N) is 2. The zero-order valence-electron chi connectivity index (χ0n) is 18.1. The highest BCUT2D eigenvalue weighted by Gasteiger charge is 2.64. The van der Waals surface area contributed by atoms with Crippen LogP contribution in [0.15, 0.2) is 54.6 Å². The normalized spacial score (nSPS) is 34.1. The molecule has 5 nitrogen and oxygen atoms in total. The molecule has 0 N–H and O–H groups in total. The van der Waals surface area contributed by atoms with Crippen molar-refractivity contribution < 1.29 is 14.4 Å². The molecule has 1 saturated carbocycles. The van der Waals surface area contributed by atoms with Crippen LogP contribution >= 0.6 is 0 Å². The van der Waals surface area contributed by atoms with Crippen LogP contribution in [0.5, 0.6) is 5.75 Å². The van der Waals surface area contributed by atoms with Gasteiger partial charge in [-0.1, -0.05) is 42.5 Å². The quantitative estimate of drug-likeness (QED) is 0.737. The molecule has 1 aliphatic carbocycles. The Morgan fingerprint density at radius 2 is 1.87 bits per heavy atom. The summed E-state index contributed by atoms with van der Waals surface area (Å²) in [6.45, 7) is 0.770. The molecule has 0 aromatic heterocycles. The van der Waals surface area contributed by atoms with E-state index in [1.165, 1.54) is 11.1 Å². The Morgan fingerprint density at radius 3 is 2.65 bits per heavy atom. The first-order valence-electron chi connectivity index (χ1n) is 11.6. The third-order valence-corrected chi connectivity index (χ3v) is 8.12. The van der Waals surface area contributed by atoms with Crippen molar-refractivity contribution in [2.75, 3.05) is 7.11 Å². The summed E-state index contributed by atoms with van der Waals surface area (Å²) in [4.78, 5) is 22.1. The van der Waals surface area contributed by atoms with Gasteiger partial charge in [0.25, 0.3) is 0 Å². The van der Waals surface area contributed by atoms with E-state index in [1.807, 2.05) is 12.1 Å². The SMILES string of the molecule is COc1ccc(CC2C3C4CC5(CCC(=O)N25)CCC4ON3Cc2ccccc2)cc1. The fourth-order valence-electron chi connectivity index (χ4n) is 6.81. The predicted molar refractivity (Wildman–Crippen MR) is 117 cm³/mol. The van der Waals surface area contributed by atoms with E-state index >= 15 is 0 Å². The molecular weight excluding hydrogens is 388 g/mol. The van der Waals surface area contributed by atoms with Gasteiger partial charge in [-0.25, -0.2) is 0 Å². The van der Waals surface area contributed by atoms with Crippen LogP contribution in [0.3, 0.4) is 0 Å². The topological polar surface area (TPSA) is 42.0 Å². The molecule has 3 saturated heterocycles. The monoisotopic (exact) mass is 418 g/mol. The van der Waals surface area contributed by atoms with Gasteiger partial charge >= 0.3 is 0 Å². The first-order chi connectivity index (χ1) is 15.2. The van der Waals surface area contributed by atoms with Crippen molar-refractivity contribution in [3.8, 4) is 5.75 Å².